The van der Waals surface area contributed by atoms with Gasteiger partial charge < -0.3 is 43.7 Å². The molecule has 0 spiro atoms. The third-order valence-electron chi connectivity index (χ3n) is 13.9. The number of hydrogen-bond donors (Lipinski definition) is 1. The van der Waals surface area contributed by atoms with Crippen molar-refractivity contribution >= 4 is 35.6 Å². The van der Waals surface area contributed by atoms with Crippen molar-refractivity contribution in [3.63, 3.8) is 0 Å². The molecular formula is C55H74F8N4O11. The summed E-state index contributed by atoms with van der Waals surface area (Å²) >= 11 is 0. The van der Waals surface area contributed by atoms with Crippen LogP contribution in [0.3, 0.4) is 0 Å². The number of aliphatic hydroxyl groups is 1. The normalized spacial score (nSPS) is 27.3. The number of esters is 2. The maximum atomic E-state index is 15.8. The van der Waals surface area contributed by atoms with Crippen molar-refractivity contribution in [3.8, 4) is 0 Å². The minimum absolute atomic E-state index is 0.0700. The Morgan fingerprint density at radius 3 is 1.58 bits per heavy atom. The van der Waals surface area contributed by atoms with E-state index in [1.807, 2.05) is 0 Å². The molecule has 0 aromatic heterocycles. The van der Waals surface area contributed by atoms with E-state index >= 15 is 8.78 Å². The Morgan fingerprint density at radius 2 is 1.08 bits per heavy atom. The molecule has 4 rings (SSSR count). The maximum Gasteiger partial charge on any atom is 0.416 e. The zero-order valence-corrected chi connectivity index (χ0v) is 46.5. The third-order valence-corrected chi connectivity index (χ3v) is 13.9. The summed E-state index contributed by atoms with van der Waals surface area (Å²) < 4.78 is 137. The van der Waals surface area contributed by atoms with Crippen molar-refractivity contribution < 1.29 is 87.9 Å². The largest absolute Gasteiger partial charge is 0.483 e. The lowest BCUT2D eigenvalue weighted by atomic mass is 9.92. The van der Waals surface area contributed by atoms with Gasteiger partial charge >= 0.3 is 24.3 Å². The predicted molar refractivity (Wildman–Crippen MR) is 269 cm³/mol. The number of aliphatic hydroxyl groups excluding tert-OH is 1. The maximum absolute atomic E-state index is 15.8. The van der Waals surface area contributed by atoms with E-state index in [0.717, 1.165) is 110 Å². The molecular weight excluding hydrogens is 1040 g/mol. The summed E-state index contributed by atoms with van der Waals surface area (Å²) in [7, 11) is 4.81. The smallest absolute Gasteiger partial charge is 0.416 e. The van der Waals surface area contributed by atoms with Crippen LogP contribution in [0.25, 0.3) is 0 Å². The quantitative estimate of drug-likeness (QED) is 0.178. The van der Waals surface area contributed by atoms with E-state index in [9.17, 15) is 60.2 Å². The SMILES string of the molecule is CC(C)C[C@H]1C(=O)O[C@H](C)C(=O)N(C)[C@@H](CC(C)(C)F)C(=O)O[C@H]([C@@H](C)c2ccc(C(F)(F)F)cc2)C(=O)N(C)[C@H]2CC(C)C=C2O[C@H](C)C(=O)N(C)[C@@H](CC(C)(C)F)C(O)O[C@H](Cc2ccc(C(F)(F)F)cc2)C(=O)N1C. The van der Waals surface area contributed by atoms with Crippen LogP contribution in [0.2, 0.25) is 0 Å². The molecule has 0 bridgehead atoms. The Kier molecular flexibility index (Phi) is 21.2. The highest BCUT2D eigenvalue weighted by molar-refractivity contribution is 5.92. The number of carbonyl (C=O) groups excluding carboxylic acids is 6. The van der Waals surface area contributed by atoms with E-state index in [1.54, 1.807) is 26.8 Å². The molecule has 11 atom stereocenters. The summed E-state index contributed by atoms with van der Waals surface area (Å²) in [5.41, 5.74) is -6.17. The first-order valence-corrected chi connectivity index (χ1v) is 25.6. The standard InChI is InChI=1S/C55H74F8N4O11/c1-29(2)23-39-49(72)76-33(6)46(69)67(14)41(28-53(9,10)57)51(74)78-44(31(4)35-17-21-37(22-18-35)55(61,62)63)48(71)64(11)38-24-30(3)25-42(38)75-32(5)45(68)66(13)40(27-52(7,8)56)50(73)77-43(47(70)65(39)12)26-34-15-19-36(20-16-34)54(58,59)60/h15-22,25,29-33,38-41,43-44,50,73H,23-24,26-28H2,1-14H3/t30?,31-,32+,33+,38-,39-,40-,41-,43+,44+,50?/m0/s1. The van der Waals surface area contributed by atoms with Gasteiger partial charge in [-0.2, -0.15) is 26.3 Å². The number of likely N-dealkylation sites (N-methyl/N-ethyl adjacent to an activating group) is 4. The first kappa shape index (κ1) is 64.7. The number of ether oxygens (including phenoxy) is 4. The van der Waals surface area contributed by atoms with Crippen LogP contribution in [0.1, 0.15) is 123 Å². The molecule has 0 saturated carbocycles. The van der Waals surface area contributed by atoms with Crippen LogP contribution < -0.4 is 0 Å². The van der Waals surface area contributed by atoms with Crippen molar-refractivity contribution in [3.05, 3.63) is 82.6 Å². The molecule has 1 saturated heterocycles. The number of hydrogen-bond acceptors (Lipinski definition) is 11. The first-order valence-electron chi connectivity index (χ1n) is 25.6. The summed E-state index contributed by atoms with van der Waals surface area (Å²) in [6, 6.07) is 1.43. The Balaban J connectivity index is 1.93. The lowest BCUT2D eigenvalue weighted by Gasteiger charge is -2.38. The van der Waals surface area contributed by atoms with E-state index < -0.39 is 150 Å². The number of fused-ring (bicyclic) bond motifs is 1. The van der Waals surface area contributed by atoms with Crippen LogP contribution in [0.4, 0.5) is 35.1 Å². The van der Waals surface area contributed by atoms with Gasteiger partial charge in [0.05, 0.1) is 23.2 Å². The highest BCUT2D eigenvalue weighted by Gasteiger charge is 2.46. The number of allylic oxidation sites excluding steroid dienone is 1. The number of nitrogens with zero attached hydrogens (tertiary/aromatic N) is 4. The first-order chi connectivity index (χ1) is 35.7. The Bertz CT molecular complexity index is 2460. The zero-order valence-electron chi connectivity index (χ0n) is 46.5. The molecule has 1 fully saturated rings. The second-order valence-corrected chi connectivity index (χ2v) is 22.2. The molecule has 1 N–H and O–H groups in total. The van der Waals surface area contributed by atoms with Gasteiger partial charge in [0.25, 0.3) is 23.6 Å². The number of benzene rings is 2. The molecule has 78 heavy (non-hydrogen) atoms. The minimum atomic E-state index is -4.73. The molecule has 436 valence electrons. The van der Waals surface area contributed by atoms with E-state index in [2.05, 4.69) is 0 Å². The van der Waals surface area contributed by atoms with Gasteiger partial charge in [-0.1, -0.05) is 52.0 Å². The predicted octanol–water partition coefficient (Wildman–Crippen LogP) is 8.59. The molecule has 2 aromatic rings. The van der Waals surface area contributed by atoms with Gasteiger partial charge in [0.1, 0.15) is 35.3 Å². The molecule has 1 aliphatic carbocycles. The van der Waals surface area contributed by atoms with Gasteiger partial charge in [-0.3, -0.25) is 19.2 Å². The summed E-state index contributed by atoms with van der Waals surface area (Å²) in [5.74, 6) is -8.23. The number of cyclic esters (lactones) is 2. The van der Waals surface area contributed by atoms with Gasteiger partial charge in [-0.25, -0.2) is 18.4 Å². The van der Waals surface area contributed by atoms with Crippen LogP contribution in [-0.2, 0) is 66.5 Å². The number of alkyl halides is 8. The van der Waals surface area contributed by atoms with Crippen molar-refractivity contribution in [1.82, 2.24) is 19.6 Å². The van der Waals surface area contributed by atoms with E-state index in [1.165, 1.54) is 35.0 Å². The fourth-order valence-electron chi connectivity index (χ4n) is 9.42. The summed E-state index contributed by atoms with van der Waals surface area (Å²) in [6.45, 7) is 13.5. The molecule has 15 nitrogen and oxygen atoms in total. The van der Waals surface area contributed by atoms with Gasteiger partial charge in [-0.15, -0.1) is 0 Å². The Labute approximate surface area is 450 Å². The second-order valence-electron chi connectivity index (χ2n) is 22.2. The van der Waals surface area contributed by atoms with Crippen molar-refractivity contribution in [1.29, 1.82) is 0 Å². The van der Waals surface area contributed by atoms with Gasteiger partial charge in [0.2, 0.25) is 0 Å². The number of carbonyl (C=O) groups is 6. The molecule has 23 heteroatoms. The molecule has 2 aromatic carbocycles. The molecule has 0 radical (unpaired) electrons. The van der Waals surface area contributed by atoms with E-state index in [-0.39, 0.29) is 41.6 Å². The Hall–Kier alpha value is -5.84. The minimum Gasteiger partial charge on any atom is -0.483 e. The molecule has 1 aliphatic heterocycles. The van der Waals surface area contributed by atoms with Crippen LogP contribution >= 0.6 is 0 Å². The summed E-state index contributed by atoms with van der Waals surface area (Å²) in [5, 5.41) is 11.9. The van der Waals surface area contributed by atoms with Crippen LogP contribution in [0, 0.1) is 11.8 Å². The fourth-order valence-corrected chi connectivity index (χ4v) is 9.42. The van der Waals surface area contributed by atoms with Crippen molar-refractivity contribution in [2.75, 3.05) is 28.2 Å². The lowest BCUT2D eigenvalue weighted by molar-refractivity contribution is -0.195. The van der Waals surface area contributed by atoms with Crippen molar-refractivity contribution in [2.45, 2.75) is 186 Å². The van der Waals surface area contributed by atoms with Gasteiger partial charge in [0, 0.05) is 53.4 Å². The lowest BCUT2D eigenvalue weighted by Crippen LogP contribution is -2.55. The van der Waals surface area contributed by atoms with Gasteiger partial charge in [0.15, 0.2) is 24.6 Å². The average molecular weight is 1120 g/mol. The Morgan fingerprint density at radius 1 is 0.603 bits per heavy atom. The monoisotopic (exact) mass is 1120 g/mol. The van der Waals surface area contributed by atoms with E-state index in [4.69, 9.17) is 18.9 Å². The average Bonchev–Trinajstić information content (AvgIpc) is 3.70. The zero-order chi connectivity index (χ0) is 59.3. The fraction of sp³-hybridized carbons (Fsp3) is 0.636. The van der Waals surface area contributed by atoms with Crippen LogP contribution in [0.5, 0.6) is 0 Å². The van der Waals surface area contributed by atoms with Crippen LogP contribution in [-0.4, -0.2) is 155 Å². The number of halogens is 8. The second kappa shape index (κ2) is 25.5. The topological polar surface area (TPSA) is 173 Å². The third kappa shape index (κ3) is 17.1. The highest BCUT2D eigenvalue weighted by atomic mass is 19.4. The van der Waals surface area contributed by atoms with E-state index in [0.29, 0.717) is 0 Å². The molecule has 4 amide bonds. The number of amides is 4. The molecule has 1 heterocycles. The summed E-state index contributed by atoms with van der Waals surface area (Å²) in [6.07, 6.45) is -18.8. The van der Waals surface area contributed by atoms with Crippen LogP contribution in [0.15, 0.2) is 60.4 Å². The highest BCUT2D eigenvalue weighted by Crippen LogP contribution is 2.36. The number of rotatable bonds is 10. The molecule has 2 aliphatic rings. The van der Waals surface area contributed by atoms with Crippen molar-refractivity contribution in [2.24, 2.45) is 11.8 Å². The molecule has 2 unspecified atom stereocenters. The summed E-state index contributed by atoms with van der Waals surface area (Å²) in [4.78, 5) is 91.0. The van der Waals surface area contributed by atoms with Gasteiger partial charge in [-0.05, 0) is 108 Å².